The number of carbonyl (C=O) groups is 1. The first kappa shape index (κ1) is 21.1. The molecule has 0 radical (unpaired) electrons. The van der Waals surface area contributed by atoms with Crippen molar-refractivity contribution < 1.29 is 9.53 Å². The van der Waals surface area contributed by atoms with Crippen LogP contribution in [0.3, 0.4) is 0 Å². The molecule has 1 fully saturated rings. The van der Waals surface area contributed by atoms with Crippen molar-refractivity contribution in [3.05, 3.63) is 53.7 Å². The molecular formula is C24H29N5O2. The molecule has 4 rings (SSSR count). The van der Waals surface area contributed by atoms with E-state index in [1.165, 1.54) is 5.56 Å². The maximum Gasteiger partial charge on any atom is 0.254 e. The molecule has 31 heavy (non-hydrogen) atoms. The van der Waals surface area contributed by atoms with Crippen molar-refractivity contribution in [3.8, 4) is 5.75 Å². The lowest BCUT2D eigenvalue weighted by atomic mass is 10.0. The smallest absolute Gasteiger partial charge is 0.254 e. The van der Waals surface area contributed by atoms with E-state index in [1.54, 1.807) is 13.2 Å². The third-order valence-electron chi connectivity index (χ3n) is 5.75. The molecule has 0 unspecified atom stereocenters. The number of nitrogens with zero attached hydrogens (tertiary/aromatic N) is 4. The normalized spacial score (nSPS) is 14.8. The lowest BCUT2D eigenvalue weighted by Crippen LogP contribution is -2.47. The summed E-state index contributed by atoms with van der Waals surface area (Å²) in [7, 11) is 3.67. The number of hydrogen-bond acceptors (Lipinski definition) is 6. The number of nitrogens with one attached hydrogen (secondary N) is 1. The van der Waals surface area contributed by atoms with Gasteiger partial charge in [0.15, 0.2) is 0 Å². The van der Waals surface area contributed by atoms with E-state index in [9.17, 15) is 4.79 Å². The van der Waals surface area contributed by atoms with Gasteiger partial charge in [-0.1, -0.05) is 32.0 Å². The summed E-state index contributed by atoms with van der Waals surface area (Å²) in [4.78, 5) is 26.2. The van der Waals surface area contributed by atoms with Gasteiger partial charge in [-0.25, -0.2) is 9.97 Å². The van der Waals surface area contributed by atoms with Gasteiger partial charge in [-0.3, -0.25) is 4.79 Å². The van der Waals surface area contributed by atoms with Crippen LogP contribution in [-0.2, 0) is 0 Å². The molecule has 162 valence electrons. The van der Waals surface area contributed by atoms with Crippen LogP contribution in [0.15, 0.2) is 42.6 Å². The third kappa shape index (κ3) is 4.46. The molecule has 3 aromatic rings. The van der Waals surface area contributed by atoms with Gasteiger partial charge in [0, 0.05) is 43.3 Å². The number of methoxy groups -OCH3 is 1. The second-order valence-electron chi connectivity index (χ2n) is 8.27. The number of piperazine rings is 1. The highest BCUT2D eigenvalue weighted by molar-refractivity contribution is 5.95. The summed E-state index contributed by atoms with van der Waals surface area (Å²) in [6, 6.07) is 11.6. The van der Waals surface area contributed by atoms with E-state index >= 15 is 0 Å². The zero-order valence-electron chi connectivity index (χ0n) is 18.6. The van der Waals surface area contributed by atoms with E-state index in [1.807, 2.05) is 35.4 Å². The summed E-state index contributed by atoms with van der Waals surface area (Å²) in [6.07, 6.45) is 1.83. The Kier molecular flexibility index (Phi) is 6.04. The van der Waals surface area contributed by atoms with Crippen molar-refractivity contribution in [1.82, 2.24) is 19.8 Å². The lowest BCUT2D eigenvalue weighted by Gasteiger charge is -2.32. The van der Waals surface area contributed by atoms with Crippen molar-refractivity contribution in [2.45, 2.75) is 19.8 Å². The fraction of sp³-hybridized carbons (Fsp3) is 0.375. The predicted octanol–water partition coefficient (Wildman–Crippen LogP) is 3.89. The standard InChI is InChI=1S/C24H29N5O2/c1-16(2)19-7-5-6-18-15-25-24(27-22(18)19)26-20-9-8-17(14-21(20)31-4)23(30)29-12-10-28(3)11-13-29/h5-9,14-16H,10-13H2,1-4H3,(H,25,26,27). The van der Waals surface area contributed by atoms with Gasteiger partial charge in [0.2, 0.25) is 5.95 Å². The number of carbonyl (C=O) groups excluding carboxylic acids is 1. The largest absolute Gasteiger partial charge is 0.495 e. The first-order valence-electron chi connectivity index (χ1n) is 10.6. The minimum Gasteiger partial charge on any atom is -0.495 e. The van der Waals surface area contributed by atoms with Crippen LogP contribution in [-0.4, -0.2) is 66.0 Å². The summed E-state index contributed by atoms with van der Waals surface area (Å²) in [5.41, 5.74) is 3.46. The van der Waals surface area contributed by atoms with Crippen molar-refractivity contribution in [2.24, 2.45) is 0 Å². The van der Waals surface area contributed by atoms with Gasteiger partial charge < -0.3 is 19.9 Å². The van der Waals surface area contributed by atoms with Crippen LogP contribution in [0.4, 0.5) is 11.6 Å². The van der Waals surface area contributed by atoms with Gasteiger partial charge in [-0.15, -0.1) is 0 Å². The monoisotopic (exact) mass is 419 g/mol. The number of aromatic nitrogens is 2. The van der Waals surface area contributed by atoms with Crippen LogP contribution in [0, 0.1) is 0 Å². The molecule has 0 saturated carbocycles. The number of fused-ring (bicyclic) bond motifs is 1. The SMILES string of the molecule is COc1cc(C(=O)N2CCN(C)CC2)ccc1Nc1ncc2cccc(C(C)C)c2n1. The number of para-hydroxylation sites is 1. The Morgan fingerprint density at radius 1 is 1.13 bits per heavy atom. The molecule has 0 bridgehead atoms. The Balaban J connectivity index is 1.59. The van der Waals surface area contributed by atoms with Crippen molar-refractivity contribution >= 4 is 28.4 Å². The number of hydrogen-bond donors (Lipinski definition) is 1. The molecule has 1 aliphatic rings. The molecule has 1 aromatic heterocycles. The molecule has 1 aliphatic heterocycles. The highest BCUT2D eigenvalue weighted by Gasteiger charge is 2.21. The van der Waals surface area contributed by atoms with E-state index in [2.05, 4.69) is 42.2 Å². The Bertz CT molecular complexity index is 1090. The van der Waals surface area contributed by atoms with Gasteiger partial charge in [0.05, 0.1) is 18.3 Å². The molecule has 0 spiro atoms. The number of ether oxygens (including phenoxy) is 1. The number of benzene rings is 2. The molecule has 1 amide bonds. The summed E-state index contributed by atoms with van der Waals surface area (Å²) >= 11 is 0. The fourth-order valence-electron chi connectivity index (χ4n) is 3.84. The summed E-state index contributed by atoms with van der Waals surface area (Å²) in [6.45, 7) is 7.56. The maximum absolute atomic E-state index is 12.9. The van der Waals surface area contributed by atoms with Crippen LogP contribution in [0.5, 0.6) is 5.75 Å². The number of rotatable bonds is 5. The Hall–Kier alpha value is -3.19. The van der Waals surface area contributed by atoms with E-state index in [0.29, 0.717) is 23.2 Å². The first-order valence-corrected chi connectivity index (χ1v) is 10.6. The van der Waals surface area contributed by atoms with E-state index in [4.69, 9.17) is 9.72 Å². The molecule has 7 nitrogen and oxygen atoms in total. The minimum atomic E-state index is 0.0291. The van der Waals surface area contributed by atoms with Crippen LogP contribution < -0.4 is 10.1 Å². The second kappa shape index (κ2) is 8.89. The Morgan fingerprint density at radius 3 is 2.61 bits per heavy atom. The van der Waals surface area contributed by atoms with Crippen LogP contribution in [0.25, 0.3) is 10.9 Å². The highest BCUT2D eigenvalue weighted by Crippen LogP contribution is 2.30. The number of amides is 1. The molecule has 1 N–H and O–H groups in total. The van der Waals surface area contributed by atoms with Crippen LogP contribution in [0.1, 0.15) is 35.7 Å². The molecule has 7 heteroatoms. The zero-order valence-corrected chi connectivity index (χ0v) is 18.6. The van der Waals surface area contributed by atoms with Crippen molar-refractivity contribution in [3.63, 3.8) is 0 Å². The quantitative estimate of drug-likeness (QED) is 0.677. The summed E-state index contributed by atoms with van der Waals surface area (Å²) in [5.74, 6) is 1.47. The predicted molar refractivity (Wildman–Crippen MR) is 123 cm³/mol. The highest BCUT2D eigenvalue weighted by atomic mass is 16.5. The molecule has 0 atom stereocenters. The summed E-state index contributed by atoms with van der Waals surface area (Å²) in [5, 5.41) is 4.27. The van der Waals surface area contributed by atoms with Gasteiger partial charge >= 0.3 is 0 Å². The van der Waals surface area contributed by atoms with Crippen LogP contribution >= 0.6 is 0 Å². The maximum atomic E-state index is 12.9. The van der Waals surface area contributed by atoms with Gasteiger partial charge in [-0.2, -0.15) is 0 Å². The van der Waals surface area contributed by atoms with Gasteiger partial charge in [0.25, 0.3) is 5.91 Å². The van der Waals surface area contributed by atoms with Crippen LogP contribution in [0.2, 0.25) is 0 Å². The lowest BCUT2D eigenvalue weighted by molar-refractivity contribution is 0.0664. The Labute approximate surface area is 183 Å². The average Bonchev–Trinajstić information content (AvgIpc) is 2.78. The van der Waals surface area contributed by atoms with Crippen molar-refractivity contribution in [2.75, 3.05) is 45.7 Å². The second-order valence-corrected chi connectivity index (χ2v) is 8.27. The van der Waals surface area contributed by atoms with Crippen molar-refractivity contribution in [1.29, 1.82) is 0 Å². The third-order valence-corrected chi connectivity index (χ3v) is 5.75. The first-order chi connectivity index (χ1) is 15.0. The molecule has 0 aliphatic carbocycles. The zero-order chi connectivity index (χ0) is 22.0. The van der Waals surface area contributed by atoms with Gasteiger partial charge in [0.1, 0.15) is 5.75 Å². The summed E-state index contributed by atoms with van der Waals surface area (Å²) < 4.78 is 5.57. The minimum absolute atomic E-state index is 0.0291. The molecular weight excluding hydrogens is 390 g/mol. The average molecular weight is 420 g/mol. The van der Waals surface area contributed by atoms with Gasteiger partial charge in [-0.05, 0) is 36.7 Å². The molecule has 1 saturated heterocycles. The topological polar surface area (TPSA) is 70.6 Å². The van der Waals surface area contributed by atoms with E-state index in [-0.39, 0.29) is 5.91 Å². The molecule has 2 heterocycles. The van der Waals surface area contributed by atoms with E-state index < -0.39 is 0 Å². The molecule has 2 aromatic carbocycles. The number of anilines is 2. The Morgan fingerprint density at radius 2 is 1.90 bits per heavy atom. The fourth-order valence-corrected chi connectivity index (χ4v) is 3.84. The number of likely N-dealkylation sites (N-methyl/N-ethyl adjacent to an activating group) is 1. The van der Waals surface area contributed by atoms with E-state index in [0.717, 1.165) is 42.8 Å².